The monoisotopic (exact) mass is 419 g/mol. The highest BCUT2D eigenvalue weighted by Crippen LogP contribution is 2.33. The highest BCUT2D eigenvalue weighted by atomic mass is 35.5. The van der Waals surface area contributed by atoms with Crippen LogP contribution in [0.5, 0.6) is 0 Å². The van der Waals surface area contributed by atoms with Crippen LogP contribution in [0.15, 0.2) is 18.2 Å². The Kier molecular flexibility index (Phi) is 4.79. The molecule has 1 aromatic carbocycles. The summed E-state index contributed by atoms with van der Waals surface area (Å²) in [5.74, 6) is -0.522. The van der Waals surface area contributed by atoms with Gasteiger partial charge in [-0.05, 0) is 56.6 Å². The molecule has 5 nitrogen and oxygen atoms in total. The first-order valence-corrected chi connectivity index (χ1v) is 10.0. The van der Waals surface area contributed by atoms with Crippen LogP contribution >= 0.6 is 23.2 Å². The van der Waals surface area contributed by atoms with E-state index in [0.29, 0.717) is 61.9 Å². The molecule has 0 radical (unpaired) electrons. The van der Waals surface area contributed by atoms with E-state index in [9.17, 15) is 4.79 Å². The van der Waals surface area contributed by atoms with Gasteiger partial charge in [-0.25, -0.2) is 4.79 Å². The van der Waals surface area contributed by atoms with Gasteiger partial charge < -0.3 is 15.5 Å². The van der Waals surface area contributed by atoms with Gasteiger partial charge in [0.2, 0.25) is 0 Å². The number of rotatable bonds is 5. The van der Waals surface area contributed by atoms with E-state index in [1.807, 2.05) is 22.3 Å². The van der Waals surface area contributed by atoms with Gasteiger partial charge in [0.15, 0.2) is 0 Å². The van der Waals surface area contributed by atoms with E-state index in [4.69, 9.17) is 32.8 Å². The molecule has 0 unspecified atom stereocenters. The van der Waals surface area contributed by atoms with Crippen molar-refractivity contribution in [2.45, 2.75) is 38.1 Å². The number of nitrogens with one attached hydrogen (secondary N) is 2. The molecule has 0 aromatic heterocycles. The Hall–Kier alpha value is -1.17. The molecule has 0 atom stereocenters. The SMILES string of the molecule is [2H]C([2H])([2H])NC(=O)NC1CCC(C([2H])([2H])C([2H])([2H])N2CCN(c3cccc(Cl)c3Cl)CC2)CC1. The second-order valence-electron chi connectivity index (χ2n) is 6.95. The van der Waals surface area contributed by atoms with Crippen molar-refractivity contribution in [3.05, 3.63) is 28.2 Å². The molecule has 7 heteroatoms. The van der Waals surface area contributed by atoms with Crippen molar-refractivity contribution >= 4 is 34.9 Å². The second-order valence-corrected chi connectivity index (χ2v) is 7.74. The average molecular weight is 420 g/mol. The molecule has 1 aliphatic heterocycles. The smallest absolute Gasteiger partial charge is 0.314 e. The summed E-state index contributed by atoms with van der Waals surface area (Å²) in [5.41, 5.74) is 0.783. The van der Waals surface area contributed by atoms with E-state index in [0.717, 1.165) is 5.69 Å². The summed E-state index contributed by atoms with van der Waals surface area (Å²) >= 11 is 12.4. The number of hydrogen-bond donors (Lipinski definition) is 2. The van der Waals surface area contributed by atoms with Crippen molar-refractivity contribution in [1.29, 1.82) is 0 Å². The van der Waals surface area contributed by atoms with Crippen LogP contribution in [-0.4, -0.2) is 56.6 Å². The molecule has 1 saturated heterocycles. The van der Waals surface area contributed by atoms with Gasteiger partial charge in [-0.1, -0.05) is 29.3 Å². The van der Waals surface area contributed by atoms with Gasteiger partial charge >= 0.3 is 6.03 Å². The molecular weight excluding hydrogens is 383 g/mol. The van der Waals surface area contributed by atoms with E-state index >= 15 is 0 Å². The summed E-state index contributed by atoms with van der Waals surface area (Å²) in [6.45, 7) is -3.10. The van der Waals surface area contributed by atoms with E-state index in [-0.39, 0.29) is 6.04 Å². The van der Waals surface area contributed by atoms with Crippen LogP contribution in [0.3, 0.4) is 0 Å². The minimum atomic E-state index is -2.57. The van der Waals surface area contributed by atoms with Gasteiger partial charge in [0, 0.05) is 48.8 Å². The lowest BCUT2D eigenvalue weighted by Crippen LogP contribution is -2.47. The Labute approximate surface area is 182 Å². The lowest BCUT2D eigenvalue weighted by atomic mass is 9.84. The number of carbonyl (C=O) groups is 1. The highest BCUT2D eigenvalue weighted by Gasteiger charge is 2.24. The van der Waals surface area contributed by atoms with Crippen molar-refractivity contribution < 1.29 is 14.4 Å². The van der Waals surface area contributed by atoms with Crippen molar-refractivity contribution in [2.75, 3.05) is 44.6 Å². The summed E-state index contributed by atoms with van der Waals surface area (Å²) in [6, 6.07) is 4.33. The van der Waals surface area contributed by atoms with Crippen molar-refractivity contribution in [1.82, 2.24) is 15.5 Å². The molecule has 0 bridgehead atoms. The first kappa shape index (κ1) is 13.1. The molecule has 1 aliphatic carbocycles. The Morgan fingerprint density at radius 3 is 2.67 bits per heavy atom. The molecule has 2 aliphatic rings. The van der Waals surface area contributed by atoms with Crippen LogP contribution in [0.25, 0.3) is 0 Å². The number of piperazine rings is 1. The fourth-order valence-corrected chi connectivity index (χ4v) is 4.00. The van der Waals surface area contributed by atoms with E-state index in [1.165, 1.54) is 0 Å². The molecule has 2 amide bonds. The predicted octanol–water partition coefficient (Wildman–Crippen LogP) is 3.99. The molecular formula is C20H30Cl2N4O. The van der Waals surface area contributed by atoms with E-state index < -0.39 is 31.8 Å². The Bertz CT molecular complexity index is 871. The molecule has 0 spiro atoms. The van der Waals surface area contributed by atoms with Crippen LogP contribution in [0, 0.1) is 5.92 Å². The van der Waals surface area contributed by atoms with Gasteiger partial charge in [-0.15, -0.1) is 0 Å². The number of anilines is 1. The number of nitrogens with zero attached hydrogens (tertiary/aromatic N) is 2. The van der Waals surface area contributed by atoms with Crippen LogP contribution in [0.2, 0.25) is 10.0 Å². The van der Waals surface area contributed by atoms with Crippen LogP contribution in [-0.2, 0) is 0 Å². The number of amides is 2. The summed E-state index contributed by atoms with van der Waals surface area (Å²) in [7, 11) is 0. The zero-order chi connectivity index (χ0) is 25.3. The summed E-state index contributed by atoms with van der Waals surface area (Å²) in [5, 5.41) is 5.41. The standard InChI is InChI=1S/C20H30Cl2N4O/c1-23-20(27)24-16-7-5-15(6-8-16)9-10-25-11-13-26(14-12-25)18-4-2-3-17(21)19(18)22/h2-4,15-16H,5-14H2,1H3,(H2,23,24,27)/i1D3,9D2,10D2. The predicted molar refractivity (Wildman–Crippen MR) is 113 cm³/mol. The van der Waals surface area contributed by atoms with Gasteiger partial charge in [0.25, 0.3) is 0 Å². The van der Waals surface area contributed by atoms with Crippen LogP contribution in [0.1, 0.15) is 41.7 Å². The average Bonchev–Trinajstić information content (AvgIpc) is 2.74. The molecule has 1 saturated carbocycles. The molecule has 3 rings (SSSR count). The van der Waals surface area contributed by atoms with E-state index in [2.05, 4.69) is 5.32 Å². The lowest BCUT2D eigenvalue weighted by molar-refractivity contribution is 0.206. The van der Waals surface area contributed by atoms with E-state index in [1.54, 1.807) is 11.0 Å². The quantitative estimate of drug-likeness (QED) is 0.757. The zero-order valence-electron chi connectivity index (χ0n) is 22.1. The van der Waals surface area contributed by atoms with Gasteiger partial charge in [-0.3, -0.25) is 4.90 Å². The lowest BCUT2D eigenvalue weighted by Gasteiger charge is -2.37. The number of hydrogen-bond acceptors (Lipinski definition) is 3. The minimum absolute atomic E-state index is 0.272. The first-order chi connectivity index (χ1) is 15.7. The van der Waals surface area contributed by atoms with Gasteiger partial charge in [0.05, 0.1) is 15.7 Å². The summed E-state index contributed by atoms with van der Waals surface area (Å²) < 4.78 is 56.0. The maximum Gasteiger partial charge on any atom is 0.314 e. The third-order valence-corrected chi connectivity index (χ3v) is 5.96. The number of carbonyl (C=O) groups excluding carboxylic acids is 1. The molecule has 150 valence electrons. The second kappa shape index (κ2) is 9.85. The maximum absolute atomic E-state index is 11.8. The number of urea groups is 1. The van der Waals surface area contributed by atoms with Crippen LogP contribution in [0.4, 0.5) is 10.5 Å². The third-order valence-electron chi connectivity index (χ3n) is 5.15. The largest absolute Gasteiger partial charge is 0.368 e. The Balaban J connectivity index is 1.56. The summed E-state index contributed by atoms with van der Waals surface area (Å²) in [6.07, 6.45) is -0.410. The molecule has 2 N–H and O–H groups in total. The van der Waals surface area contributed by atoms with Crippen molar-refractivity contribution in [3.8, 4) is 0 Å². The zero-order valence-corrected chi connectivity index (χ0v) is 16.6. The number of benzene rings is 1. The van der Waals surface area contributed by atoms with Crippen molar-refractivity contribution in [3.63, 3.8) is 0 Å². The fraction of sp³-hybridized carbons (Fsp3) is 0.650. The molecule has 1 aromatic rings. The number of halogens is 2. The topological polar surface area (TPSA) is 47.6 Å². The fourth-order valence-electron chi connectivity index (χ4n) is 3.58. The molecule has 2 fully saturated rings. The normalized spacial score (nSPS) is 29.3. The van der Waals surface area contributed by atoms with Gasteiger partial charge in [-0.2, -0.15) is 0 Å². The summed E-state index contributed by atoms with van der Waals surface area (Å²) in [4.78, 5) is 15.4. The maximum atomic E-state index is 11.8. The van der Waals surface area contributed by atoms with Crippen LogP contribution < -0.4 is 15.5 Å². The van der Waals surface area contributed by atoms with Gasteiger partial charge in [0.1, 0.15) is 0 Å². The Morgan fingerprint density at radius 2 is 1.96 bits per heavy atom. The highest BCUT2D eigenvalue weighted by molar-refractivity contribution is 6.43. The minimum Gasteiger partial charge on any atom is -0.368 e. The first-order valence-electron chi connectivity index (χ1n) is 12.7. The molecule has 27 heavy (non-hydrogen) atoms. The third kappa shape index (κ3) is 5.66. The Morgan fingerprint density at radius 1 is 1.22 bits per heavy atom. The molecule has 1 heterocycles. The van der Waals surface area contributed by atoms with Crippen molar-refractivity contribution in [2.24, 2.45) is 5.92 Å².